The lowest BCUT2D eigenvalue weighted by molar-refractivity contribution is -0.136. The Kier molecular flexibility index (Phi) is 5.10. The highest BCUT2D eigenvalue weighted by molar-refractivity contribution is 7.99. The number of methoxy groups -OCH3 is 1. The van der Waals surface area contributed by atoms with E-state index in [1.165, 1.54) is 12.7 Å². The minimum atomic E-state index is -0.289. The summed E-state index contributed by atoms with van der Waals surface area (Å²) in [4.78, 5) is 12.2. The molecular weight excluding hydrogens is 234 g/mol. The van der Waals surface area contributed by atoms with E-state index in [0.717, 1.165) is 10.6 Å². The zero-order valence-corrected chi connectivity index (χ0v) is 11.1. The van der Waals surface area contributed by atoms with Gasteiger partial charge in [-0.3, -0.25) is 0 Å². The number of esters is 1. The van der Waals surface area contributed by atoms with Crippen LogP contribution in [0.15, 0.2) is 34.7 Å². The summed E-state index contributed by atoms with van der Waals surface area (Å²) in [5, 5.41) is 0. The topological polar surface area (TPSA) is 52.3 Å². The van der Waals surface area contributed by atoms with Gasteiger partial charge >= 0.3 is 5.97 Å². The number of carbonyl (C=O) groups excluding carboxylic acids is 1. The summed E-state index contributed by atoms with van der Waals surface area (Å²) < 4.78 is 4.62. The molecule has 0 unspecified atom stereocenters. The summed E-state index contributed by atoms with van der Waals surface area (Å²) in [5.74, 6) is 0.414. The van der Waals surface area contributed by atoms with Gasteiger partial charge in [0.2, 0.25) is 0 Å². The first-order valence-electron chi connectivity index (χ1n) is 5.28. The summed E-state index contributed by atoms with van der Waals surface area (Å²) in [7, 11) is 1.38. The van der Waals surface area contributed by atoms with Gasteiger partial charge in [0, 0.05) is 21.9 Å². The third kappa shape index (κ3) is 4.15. The van der Waals surface area contributed by atoms with Gasteiger partial charge in [-0.15, -0.1) is 11.8 Å². The average Bonchev–Trinajstić information content (AvgIpc) is 2.32. The molecule has 0 spiro atoms. The van der Waals surface area contributed by atoms with Crippen LogP contribution >= 0.6 is 11.8 Å². The van der Waals surface area contributed by atoms with E-state index in [2.05, 4.69) is 4.74 Å². The third-order valence-corrected chi connectivity index (χ3v) is 3.30. The van der Waals surface area contributed by atoms with E-state index in [4.69, 9.17) is 5.73 Å². The van der Waals surface area contributed by atoms with Crippen LogP contribution in [-0.2, 0) is 9.53 Å². The van der Waals surface area contributed by atoms with E-state index in [-0.39, 0.29) is 5.97 Å². The predicted molar refractivity (Wildman–Crippen MR) is 72.1 cm³/mol. The highest BCUT2D eigenvalue weighted by atomic mass is 32.2. The van der Waals surface area contributed by atoms with Crippen LogP contribution in [0, 0.1) is 6.92 Å². The van der Waals surface area contributed by atoms with Crippen LogP contribution in [-0.4, -0.2) is 18.8 Å². The van der Waals surface area contributed by atoms with Crippen molar-refractivity contribution in [2.75, 3.05) is 18.6 Å². The Morgan fingerprint density at radius 1 is 1.53 bits per heavy atom. The first-order chi connectivity index (χ1) is 8.04. The zero-order valence-electron chi connectivity index (χ0n) is 10.3. The van der Waals surface area contributed by atoms with Gasteiger partial charge < -0.3 is 10.5 Å². The maximum atomic E-state index is 11.2. The Morgan fingerprint density at radius 2 is 2.24 bits per heavy atom. The number of ether oxygens (including phenoxy) is 1. The van der Waals surface area contributed by atoms with Gasteiger partial charge in [-0.1, -0.05) is 12.1 Å². The van der Waals surface area contributed by atoms with E-state index in [0.29, 0.717) is 11.3 Å². The molecule has 2 N–H and O–H groups in total. The highest BCUT2D eigenvalue weighted by Crippen LogP contribution is 2.26. The molecule has 0 aliphatic carbocycles. The summed E-state index contributed by atoms with van der Waals surface area (Å²) >= 11 is 1.61. The van der Waals surface area contributed by atoms with E-state index >= 15 is 0 Å². The van der Waals surface area contributed by atoms with Crippen molar-refractivity contribution in [2.24, 2.45) is 0 Å². The maximum absolute atomic E-state index is 11.2. The molecule has 92 valence electrons. The summed E-state index contributed by atoms with van der Waals surface area (Å²) in [6.45, 7) is 3.77. The Labute approximate surface area is 106 Å². The molecule has 0 amide bonds. The fourth-order valence-corrected chi connectivity index (χ4v) is 2.28. The SMILES string of the molecule is COC(=O)C(C)=CCSc1cc(C)ccc1N. The van der Waals surface area contributed by atoms with Crippen LogP contribution < -0.4 is 5.73 Å². The molecule has 0 saturated heterocycles. The Bertz CT molecular complexity index is 441. The van der Waals surface area contributed by atoms with Crippen LogP contribution in [0.25, 0.3) is 0 Å². The number of thioether (sulfide) groups is 1. The Balaban J connectivity index is 2.62. The smallest absolute Gasteiger partial charge is 0.333 e. The molecule has 1 rings (SSSR count). The molecule has 0 fully saturated rings. The zero-order chi connectivity index (χ0) is 12.8. The van der Waals surface area contributed by atoms with Crippen molar-refractivity contribution in [3.05, 3.63) is 35.4 Å². The average molecular weight is 251 g/mol. The predicted octanol–water partition coefficient (Wildman–Crippen LogP) is 2.79. The quantitative estimate of drug-likeness (QED) is 0.387. The van der Waals surface area contributed by atoms with Crippen LogP contribution in [0.1, 0.15) is 12.5 Å². The summed E-state index contributed by atoms with van der Waals surface area (Å²) in [5.41, 5.74) is 8.42. The van der Waals surface area contributed by atoms with E-state index in [9.17, 15) is 4.79 Å². The number of rotatable bonds is 4. The number of benzene rings is 1. The second kappa shape index (κ2) is 6.35. The van der Waals surface area contributed by atoms with Crippen molar-refractivity contribution in [2.45, 2.75) is 18.7 Å². The largest absolute Gasteiger partial charge is 0.466 e. The van der Waals surface area contributed by atoms with Crippen molar-refractivity contribution in [1.82, 2.24) is 0 Å². The van der Waals surface area contributed by atoms with Gasteiger partial charge in [-0.05, 0) is 31.5 Å². The number of hydrogen-bond donors (Lipinski definition) is 1. The molecule has 0 saturated carbocycles. The molecule has 17 heavy (non-hydrogen) atoms. The van der Waals surface area contributed by atoms with Crippen LogP contribution in [0.5, 0.6) is 0 Å². The van der Waals surface area contributed by atoms with E-state index < -0.39 is 0 Å². The molecule has 0 aromatic heterocycles. The standard InChI is InChI=1S/C13H17NO2S/c1-9-4-5-11(14)12(8-9)17-7-6-10(2)13(15)16-3/h4-6,8H,7,14H2,1-3H3. The highest BCUT2D eigenvalue weighted by Gasteiger charge is 2.03. The van der Waals surface area contributed by atoms with Gasteiger partial charge in [0.05, 0.1) is 7.11 Å². The Morgan fingerprint density at radius 3 is 2.88 bits per heavy atom. The first kappa shape index (κ1) is 13.6. The van der Waals surface area contributed by atoms with Gasteiger partial charge in [-0.25, -0.2) is 4.79 Å². The van der Waals surface area contributed by atoms with Gasteiger partial charge in [0.15, 0.2) is 0 Å². The second-order valence-corrected chi connectivity index (χ2v) is 4.79. The lowest BCUT2D eigenvalue weighted by atomic mass is 10.2. The number of anilines is 1. The van der Waals surface area contributed by atoms with E-state index in [1.54, 1.807) is 18.7 Å². The maximum Gasteiger partial charge on any atom is 0.333 e. The number of aryl methyl sites for hydroxylation is 1. The minimum absolute atomic E-state index is 0.289. The van der Waals surface area contributed by atoms with Crippen molar-refractivity contribution < 1.29 is 9.53 Å². The minimum Gasteiger partial charge on any atom is -0.466 e. The number of hydrogen-bond acceptors (Lipinski definition) is 4. The fraction of sp³-hybridized carbons (Fsp3) is 0.308. The van der Waals surface area contributed by atoms with Gasteiger partial charge in [-0.2, -0.15) is 0 Å². The molecule has 0 aliphatic rings. The van der Waals surface area contributed by atoms with Crippen molar-refractivity contribution in [1.29, 1.82) is 0 Å². The molecule has 0 bridgehead atoms. The first-order valence-corrected chi connectivity index (χ1v) is 6.27. The normalized spacial score (nSPS) is 11.4. The van der Waals surface area contributed by atoms with Crippen molar-refractivity contribution in [3.63, 3.8) is 0 Å². The van der Waals surface area contributed by atoms with Crippen LogP contribution in [0.2, 0.25) is 0 Å². The second-order valence-electron chi connectivity index (χ2n) is 3.73. The van der Waals surface area contributed by atoms with Crippen LogP contribution in [0.3, 0.4) is 0 Å². The molecule has 4 heteroatoms. The lowest BCUT2D eigenvalue weighted by Crippen LogP contribution is -2.01. The summed E-state index contributed by atoms with van der Waals surface area (Å²) in [6.07, 6.45) is 1.85. The molecule has 0 heterocycles. The monoisotopic (exact) mass is 251 g/mol. The summed E-state index contributed by atoms with van der Waals surface area (Å²) in [6, 6.07) is 5.92. The van der Waals surface area contributed by atoms with Crippen LogP contribution in [0.4, 0.5) is 5.69 Å². The van der Waals surface area contributed by atoms with Crippen molar-refractivity contribution >= 4 is 23.4 Å². The molecule has 0 aliphatic heterocycles. The third-order valence-electron chi connectivity index (χ3n) is 2.30. The fourth-order valence-electron chi connectivity index (χ4n) is 1.27. The number of nitrogens with two attached hydrogens (primary N) is 1. The molecule has 0 atom stereocenters. The van der Waals surface area contributed by atoms with Gasteiger partial charge in [0.25, 0.3) is 0 Å². The molecule has 3 nitrogen and oxygen atoms in total. The lowest BCUT2D eigenvalue weighted by Gasteiger charge is -2.05. The molecule has 1 aromatic rings. The molecule has 0 radical (unpaired) electrons. The van der Waals surface area contributed by atoms with Gasteiger partial charge in [0.1, 0.15) is 0 Å². The van der Waals surface area contributed by atoms with Crippen molar-refractivity contribution in [3.8, 4) is 0 Å². The molecular formula is C13H17NO2S. The van der Waals surface area contributed by atoms with E-state index in [1.807, 2.05) is 31.2 Å². The number of carbonyl (C=O) groups is 1. The Hall–Kier alpha value is -1.42. The molecule has 1 aromatic carbocycles. The number of nitrogen functional groups attached to an aromatic ring is 1.